The summed E-state index contributed by atoms with van der Waals surface area (Å²) in [7, 11) is 1.65. The number of nitrogens with zero attached hydrogens (tertiary/aromatic N) is 3. The molecule has 0 radical (unpaired) electrons. The van der Waals surface area contributed by atoms with Crippen molar-refractivity contribution in [3.8, 4) is 11.4 Å². The Labute approximate surface area is 134 Å². The van der Waals surface area contributed by atoms with Crippen molar-refractivity contribution in [1.29, 1.82) is 0 Å². The molecule has 0 aromatic carbocycles. The highest BCUT2D eigenvalue weighted by Gasteiger charge is 2.10. The summed E-state index contributed by atoms with van der Waals surface area (Å²) in [6.07, 6.45) is 4.07. The standard InChI is InChI=1S/C15H21N5O3/c1-22-11-10-17-8-9-18-13(21)2-3-14-19-15(20-23-14)12-4-6-16-7-5-12/h4-7,17H,2-3,8-11H2,1H3,(H,18,21). The van der Waals surface area contributed by atoms with Crippen LogP contribution < -0.4 is 10.6 Å². The molecule has 2 aromatic rings. The third-order valence-corrected chi connectivity index (χ3v) is 3.08. The van der Waals surface area contributed by atoms with Gasteiger partial charge in [0.25, 0.3) is 0 Å². The molecule has 8 heteroatoms. The van der Waals surface area contributed by atoms with Crippen LogP contribution in [-0.4, -0.2) is 54.4 Å². The normalized spacial score (nSPS) is 10.7. The van der Waals surface area contributed by atoms with E-state index in [0.29, 0.717) is 44.3 Å². The summed E-state index contributed by atoms with van der Waals surface area (Å²) in [5.74, 6) is 0.914. The predicted octanol–water partition coefficient (Wildman–Crippen LogP) is 0.416. The van der Waals surface area contributed by atoms with Crippen molar-refractivity contribution in [3.05, 3.63) is 30.4 Å². The maximum absolute atomic E-state index is 11.7. The SMILES string of the molecule is COCCNCCNC(=O)CCc1nc(-c2ccncc2)no1. The average molecular weight is 319 g/mol. The van der Waals surface area contributed by atoms with Crippen LogP contribution in [0.3, 0.4) is 0 Å². The molecule has 2 aromatic heterocycles. The highest BCUT2D eigenvalue weighted by Crippen LogP contribution is 2.14. The molecular formula is C15H21N5O3. The second-order valence-corrected chi connectivity index (χ2v) is 4.84. The Bertz CT molecular complexity index is 588. The zero-order chi connectivity index (χ0) is 16.3. The third-order valence-electron chi connectivity index (χ3n) is 3.08. The van der Waals surface area contributed by atoms with Crippen LogP contribution >= 0.6 is 0 Å². The molecule has 0 spiro atoms. The lowest BCUT2D eigenvalue weighted by atomic mass is 10.2. The minimum absolute atomic E-state index is 0.0396. The highest BCUT2D eigenvalue weighted by molar-refractivity contribution is 5.76. The fourth-order valence-corrected chi connectivity index (χ4v) is 1.87. The zero-order valence-corrected chi connectivity index (χ0v) is 13.1. The lowest BCUT2D eigenvalue weighted by Crippen LogP contribution is -2.33. The lowest BCUT2D eigenvalue weighted by molar-refractivity contribution is -0.121. The molecule has 2 N–H and O–H groups in total. The minimum Gasteiger partial charge on any atom is -0.383 e. The Balaban J connectivity index is 1.66. The average Bonchev–Trinajstić information content (AvgIpc) is 3.06. The number of hydrogen-bond donors (Lipinski definition) is 2. The molecule has 0 aliphatic rings. The topological polar surface area (TPSA) is 102 Å². The van der Waals surface area contributed by atoms with Crippen LogP contribution in [0.15, 0.2) is 29.0 Å². The van der Waals surface area contributed by atoms with E-state index < -0.39 is 0 Å². The molecule has 8 nitrogen and oxygen atoms in total. The number of rotatable bonds is 10. The van der Waals surface area contributed by atoms with Crippen molar-refractivity contribution in [2.45, 2.75) is 12.8 Å². The van der Waals surface area contributed by atoms with Crippen molar-refractivity contribution in [1.82, 2.24) is 25.8 Å². The molecule has 2 heterocycles. The molecule has 0 aliphatic heterocycles. The van der Waals surface area contributed by atoms with Crippen molar-refractivity contribution >= 4 is 5.91 Å². The first-order valence-electron chi connectivity index (χ1n) is 7.49. The van der Waals surface area contributed by atoms with Crippen molar-refractivity contribution in [2.75, 3.05) is 33.4 Å². The van der Waals surface area contributed by atoms with Gasteiger partial charge in [-0.05, 0) is 12.1 Å². The summed E-state index contributed by atoms with van der Waals surface area (Å²) in [5, 5.41) is 9.88. The van der Waals surface area contributed by atoms with Gasteiger partial charge in [0.15, 0.2) is 0 Å². The van der Waals surface area contributed by atoms with Gasteiger partial charge in [-0.25, -0.2) is 0 Å². The summed E-state index contributed by atoms with van der Waals surface area (Å²) in [6, 6.07) is 3.61. The second kappa shape index (κ2) is 9.65. The molecule has 0 fully saturated rings. The van der Waals surface area contributed by atoms with Gasteiger partial charge in [-0.2, -0.15) is 4.98 Å². The van der Waals surface area contributed by atoms with E-state index in [-0.39, 0.29) is 5.91 Å². The summed E-state index contributed by atoms with van der Waals surface area (Å²) >= 11 is 0. The van der Waals surface area contributed by atoms with Gasteiger partial charge in [0.2, 0.25) is 17.6 Å². The molecular weight excluding hydrogens is 298 g/mol. The number of carbonyl (C=O) groups is 1. The number of aromatic nitrogens is 3. The van der Waals surface area contributed by atoms with E-state index in [1.165, 1.54) is 0 Å². The number of amides is 1. The quantitative estimate of drug-likeness (QED) is 0.612. The van der Waals surface area contributed by atoms with Crippen LogP contribution in [0.1, 0.15) is 12.3 Å². The Kier molecular flexibility index (Phi) is 7.15. The van der Waals surface area contributed by atoms with E-state index in [1.54, 1.807) is 31.6 Å². The van der Waals surface area contributed by atoms with Crippen LogP contribution in [0.2, 0.25) is 0 Å². The fraction of sp³-hybridized carbons (Fsp3) is 0.467. The van der Waals surface area contributed by atoms with Crippen molar-refractivity contribution < 1.29 is 14.1 Å². The summed E-state index contributed by atoms with van der Waals surface area (Å²) < 4.78 is 10.1. The molecule has 23 heavy (non-hydrogen) atoms. The van der Waals surface area contributed by atoms with Gasteiger partial charge in [-0.3, -0.25) is 9.78 Å². The Hall–Kier alpha value is -2.32. The molecule has 124 valence electrons. The fourth-order valence-electron chi connectivity index (χ4n) is 1.87. The van der Waals surface area contributed by atoms with Crippen molar-refractivity contribution in [3.63, 3.8) is 0 Å². The molecule has 2 rings (SSSR count). The van der Waals surface area contributed by atoms with Gasteiger partial charge >= 0.3 is 0 Å². The van der Waals surface area contributed by atoms with Crippen LogP contribution in [0.5, 0.6) is 0 Å². The predicted molar refractivity (Wildman–Crippen MR) is 83.6 cm³/mol. The number of ether oxygens (including phenoxy) is 1. The molecule has 0 atom stereocenters. The number of nitrogens with one attached hydrogen (secondary N) is 2. The second-order valence-electron chi connectivity index (χ2n) is 4.84. The van der Waals surface area contributed by atoms with E-state index in [0.717, 1.165) is 12.1 Å². The molecule has 1 amide bonds. The van der Waals surface area contributed by atoms with E-state index in [9.17, 15) is 4.79 Å². The number of methoxy groups -OCH3 is 1. The van der Waals surface area contributed by atoms with Gasteiger partial charge in [0, 0.05) is 57.5 Å². The van der Waals surface area contributed by atoms with E-state index in [2.05, 4.69) is 25.8 Å². The first-order valence-corrected chi connectivity index (χ1v) is 7.49. The number of carbonyl (C=O) groups excluding carboxylic acids is 1. The van der Waals surface area contributed by atoms with E-state index in [4.69, 9.17) is 9.26 Å². The molecule has 0 bridgehead atoms. The summed E-state index contributed by atoms with van der Waals surface area (Å²) in [5.41, 5.74) is 0.835. The Morgan fingerprint density at radius 3 is 2.87 bits per heavy atom. The Morgan fingerprint density at radius 1 is 1.26 bits per heavy atom. The highest BCUT2D eigenvalue weighted by atomic mass is 16.5. The van der Waals surface area contributed by atoms with Gasteiger partial charge in [0.05, 0.1) is 6.61 Å². The molecule has 0 unspecified atom stereocenters. The zero-order valence-electron chi connectivity index (χ0n) is 13.1. The maximum atomic E-state index is 11.7. The van der Waals surface area contributed by atoms with Crippen LogP contribution in [0.4, 0.5) is 0 Å². The number of hydrogen-bond acceptors (Lipinski definition) is 7. The maximum Gasteiger partial charge on any atom is 0.227 e. The summed E-state index contributed by atoms with van der Waals surface area (Å²) in [4.78, 5) is 19.9. The van der Waals surface area contributed by atoms with Crippen molar-refractivity contribution in [2.24, 2.45) is 0 Å². The van der Waals surface area contributed by atoms with E-state index in [1.807, 2.05) is 0 Å². The first-order chi connectivity index (χ1) is 11.3. The molecule has 0 saturated heterocycles. The van der Waals surface area contributed by atoms with Gasteiger partial charge < -0.3 is 19.9 Å². The number of aryl methyl sites for hydroxylation is 1. The third kappa shape index (κ3) is 6.13. The van der Waals surface area contributed by atoms with E-state index >= 15 is 0 Å². The lowest BCUT2D eigenvalue weighted by Gasteiger charge is -2.05. The summed E-state index contributed by atoms with van der Waals surface area (Å²) in [6.45, 7) is 2.72. The van der Waals surface area contributed by atoms with Gasteiger partial charge in [0.1, 0.15) is 0 Å². The van der Waals surface area contributed by atoms with Crippen LogP contribution in [-0.2, 0) is 16.0 Å². The smallest absolute Gasteiger partial charge is 0.227 e. The molecule has 0 saturated carbocycles. The van der Waals surface area contributed by atoms with Crippen LogP contribution in [0, 0.1) is 0 Å². The number of pyridine rings is 1. The monoisotopic (exact) mass is 319 g/mol. The first kappa shape index (κ1) is 17.0. The molecule has 0 aliphatic carbocycles. The van der Waals surface area contributed by atoms with Gasteiger partial charge in [-0.15, -0.1) is 0 Å². The minimum atomic E-state index is -0.0396. The van der Waals surface area contributed by atoms with Gasteiger partial charge in [-0.1, -0.05) is 5.16 Å². The Morgan fingerprint density at radius 2 is 2.09 bits per heavy atom. The largest absolute Gasteiger partial charge is 0.383 e. The van der Waals surface area contributed by atoms with Crippen LogP contribution in [0.25, 0.3) is 11.4 Å².